The van der Waals surface area contributed by atoms with Crippen molar-refractivity contribution in [1.29, 1.82) is 0 Å². The molecule has 0 amide bonds. The van der Waals surface area contributed by atoms with Gasteiger partial charge in [-0.05, 0) is 51.9 Å². The van der Waals surface area contributed by atoms with E-state index in [0.717, 1.165) is 68.1 Å². The minimum Gasteiger partial charge on any atom is -0.455 e. The molecule has 0 spiro atoms. The van der Waals surface area contributed by atoms with Gasteiger partial charge < -0.3 is 13.9 Å². The molecule has 2 atom stereocenters. The van der Waals surface area contributed by atoms with Gasteiger partial charge in [-0.15, -0.1) is 0 Å². The van der Waals surface area contributed by atoms with Crippen LogP contribution in [-0.2, 0) is 9.47 Å². The predicted molar refractivity (Wildman–Crippen MR) is 101 cm³/mol. The fourth-order valence-corrected chi connectivity index (χ4v) is 4.99. The SMILES string of the molecule is CCCC1OC(CC)c2c1c1oc2c(C(=O)OC2(CC)CCCC2)c1C. The molecule has 26 heavy (non-hydrogen) atoms. The number of hydrogen-bond acceptors (Lipinski definition) is 4. The third-order valence-electron chi connectivity index (χ3n) is 6.49. The highest BCUT2D eigenvalue weighted by atomic mass is 16.6. The number of carbonyl (C=O) groups excluding carboxylic acids is 1. The molecule has 2 aliphatic rings. The minimum absolute atomic E-state index is 0.0246. The molecular formula is C22H30O4. The maximum Gasteiger partial charge on any atom is 0.342 e. The molecule has 2 aromatic heterocycles. The van der Waals surface area contributed by atoms with Gasteiger partial charge in [0.15, 0.2) is 0 Å². The number of rotatable bonds is 6. The Morgan fingerprint density at radius 3 is 2.42 bits per heavy atom. The summed E-state index contributed by atoms with van der Waals surface area (Å²) in [5.74, 6) is -0.211. The molecular weight excluding hydrogens is 328 g/mol. The molecule has 0 aromatic carbocycles. The molecule has 3 heterocycles. The van der Waals surface area contributed by atoms with Crippen molar-refractivity contribution in [3.05, 3.63) is 22.3 Å². The number of benzene rings is 1. The smallest absolute Gasteiger partial charge is 0.342 e. The van der Waals surface area contributed by atoms with Crippen LogP contribution in [0.1, 0.15) is 111 Å². The van der Waals surface area contributed by atoms with Crippen molar-refractivity contribution < 1.29 is 18.7 Å². The molecule has 1 saturated carbocycles. The second kappa shape index (κ2) is 6.56. The first-order valence-electron chi connectivity index (χ1n) is 10.3. The molecule has 0 N–H and O–H groups in total. The summed E-state index contributed by atoms with van der Waals surface area (Å²) in [4.78, 5) is 13.1. The van der Waals surface area contributed by atoms with Crippen LogP contribution in [0.25, 0.3) is 11.2 Å². The number of ether oxygens (including phenoxy) is 2. The Morgan fingerprint density at radius 1 is 1.12 bits per heavy atom. The van der Waals surface area contributed by atoms with Gasteiger partial charge in [0.1, 0.15) is 22.3 Å². The highest BCUT2D eigenvalue weighted by Crippen LogP contribution is 2.52. The van der Waals surface area contributed by atoms with Crippen LogP contribution in [0.2, 0.25) is 0 Å². The fourth-order valence-electron chi connectivity index (χ4n) is 4.99. The summed E-state index contributed by atoms with van der Waals surface area (Å²) >= 11 is 0. The van der Waals surface area contributed by atoms with E-state index in [1.165, 1.54) is 5.56 Å². The average Bonchev–Trinajstić information content (AvgIpc) is 3.37. The monoisotopic (exact) mass is 358 g/mol. The Bertz CT molecular complexity index is 797. The van der Waals surface area contributed by atoms with Gasteiger partial charge in [0.25, 0.3) is 0 Å². The van der Waals surface area contributed by atoms with Crippen LogP contribution in [0, 0.1) is 6.92 Å². The first-order valence-corrected chi connectivity index (χ1v) is 10.3. The highest BCUT2D eigenvalue weighted by molar-refractivity contribution is 6.04. The lowest BCUT2D eigenvalue weighted by Gasteiger charge is -2.27. The van der Waals surface area contributed by atoms with Crippen molar-refractivity contribution in [1.82, 2.24) is 0 Å². The lowest BCUT2D eigenvalue weighted by molar-refractivity contribution is -0.0171. The molecule has 1 fully saturated rings. The zero-order chi connectivity index (χ0) is 18.5. The molecule has 1 aliphatic heterocycles. The van der Waals surface area contributed by atoms with Crippen molar-refractivity contribution in [2.24, 2.45) is 0 Å². The topological polar surface area (TPSA) is 48.7 Å². The first-order chi connectivity index (χ1) is 12.5. The molecule has 4 heteroatoms. The average molecular weight is 358 g/mol. The van der Waals surface area contributed by atoms with Crippen molar-refractivity contribution in [2.45, 2.75) is 96.9 Å². The van der Waals surface area contributed by atoms with Gasteiger partial charge in [0, 0.05) is 16.7 Å². The Balaban J connectivity index is 1.72. The van der Waals surface area contributed by atoms with Gasteiger partial charge in [-0.2, -0.15) is 0 Å². The Labute approximate surface area is 155 Å². The summed E-state index contributed by atoms with van der Waals surface area (Å²) in [6.45, 7) is 8.40. The van der Waals surface area contributed by atoms with Crippen LogP contribution in [-0.4, -0.2) is 11.6 Å². The zero-order valence-corrected chi connectivity index (χ0v) is 16.4. The van der Waals surface area contributed by atoms with Gasteiger partial charge >= 0.3 is 5.97 Å². The van der Waals surface area contributed by atoms with E-state index in [9.17, 15) is 4.79 Å². The maximum absolute atomic E-state index is 13.1. The zero-order valence-electron chi connectivity index (χ0n) is 16.4. The van der Waals surface area contributed by atoms with Crippen molar-refractivity contribution in [2.75, 3.05) is 0 Å². The summed E-state index contributed by atoms with van der Waals surface area (Å²) in [6.07, 6.45) is 8.17. The Hall–Kier alpha value is -1.55. The second-order valence-electron chi connectivity index (χ2n) is 8.03. The van der Waals surface area contributed by atoms with Crippen LogP contribution in [0.3, 0.4) is 0 Å². The van der Waals surface area contributed by atoms with E-state index in [4.69, 9.17) is 13.9 Å². The van der Waals surface area contributed by atoms with Crippen LogP contribution in [0.5, 0.6) is 0 Å². The number of furan rings is 2. The fraction of sp³-hybridized carbons (Fsp3) is 0.682. The third-order valence-corrected chi connectivity index (χ3v) is 6.49. The maximum atomic E-state index is 13.1. The molecule has 4 rings (SSSR count). The van der Waals surface area contributed by atoms with Crippen LogP contribution < -0.4 is 0 Å². The van der Waals surface area contributed by atoms with E-state index in [2.05, 4.69) is 20.8 Å². The summed E-state index contributed by atoms with van der Waals surface area (Å²) in [5, 5.41) is 0. The van der Waals surface area contributed by atoms with Gasteiger partial charge in [-0.1, -0.05) is 27.2 Å². The van der Waals surface area contributed by atoms with E-state index in [0.29, 0.717) is 11.1 Å². The number of hydrogen-bond donors (Lipinski definition) is 0. The van der Waals surface area contributed by atoms with Gasteiger partial charge in [-0.3, -0.25) is 0 Å². The quantitative estimate of drug-likeness (QED) is 0.562. The standard InChI is InChI=1S/C22H30O4/c1-5-10-15-18-17(14(6-2)24-15)20-16(13(4)19(18)25-20)21(23)26-22(7-3)11-8-9-12-22/h14-15H,5-12H2,1-4H3. The molecule has 0 radical (unpaired) electrons. The third kappa shape index (κ3) is 2.49. The number of aryl methyl sites for hydroxylation is 1. The lowest BCUT2D eigenvalue weighted by Crippen LogP contribution is -2.31. The van der Waals surface area contributed by atoms with Crippen LogP contribution in [0.15, 0.2) is 4.42 Å². The van der Waals surface area contributed by atoms with E-state index in [-0.39, 0.29) is 23.8 Å². The lowest BCUT2D eigenvalue weighted by atomic mass is 9.93. The molecule has 1 aliphatic carbocycles. The number of fused-ring (bicyclic) bond motifs is 5. The number of carbonyl (C=O) groups is 1. The molecule has 2 aromatic rings. The molecule has 0 saturated heterocycles. The molecule has 2 unspecified atom stereocenters. The summed E-state index contributed by atoms with van der Waals surface area (Å²) in [6, 6.07) is 0. The van der Waals surface area contributed by atoms with E-state index in [1.54, 1.807) is 0 Å². The second-order valence-corrected chi connectivity index (χ2v) is 8.03. The van der Waals surface area contributed by atoms with Crippen LogP contribution >= 0.6 is 0 Å². The van der Waals surface area contributed by atoms with Crippen molar-refractivity contribution >= 4 is 17.1 Å². The van der Waals surface area contributed by atoms with E-state index >= 15 is 0 Å². The first kappa shape index (κ1) is 17.8. The summed E-state index contributed by atoms with van der Waals surface area (Å²) < 4.78 is 18.5. The van der Waals surface area contributed by atoms with Gasteiger partial charge in [0.05, 0.1) is 12.2 Å². The van der Waals surface area contributed by atoms with Gasteiger partial charge in [-0.25, -0.2) is 4.79 Å². The van der Waals surface area contributed by atoms with E-state index < -0.39 is 0 Å². The Kier molecular flexibility index (Phi) is 4.50. The van der Waals surface area contributed by atoms with Crippen LogP contribution in [0.4, 0.5) is 0 Å². The molecule has 4 nitrogen and oxygen atoms in total. The molecule has 2 bridgehead atoms. The highest BCUT2D eigenvalue weighted by Gasteiger charge is 2.43. The van der Waals surface area contributed by atoms with Crippen molar-refractivity contribution in [3.8, 4) is 0 Å². The number of esters is 1. The minimum atomic E-state index is -0.282. The van der Waals surface area contributed by atoms with Gasteiger partial charge in [0.2, 0.25) is 0 Å². The normalized spacial score (nSPS) is 24.5. The molecule has 142 valence electrons. The van der Waals surface area contributed by atoms with Crippen molar-refractivity contribution in [3.63, 3.8) is 0 Å². The predicted octanol–water partition coefficient (Wildman–Crippen LogP) is 6.38. The largest absolute Gasteiger partial charge is 0.455 e. The summed E-state index contributed by atoms with van der Waals surface area (Å²) in [7, 11) is 0. The Morgan fingerprint density at radius 2 is 1.81 bits per heavy atom. The summed E-state index contributed by atoms with van der Waals surface area (Å²) in [5.41, 5.74) is 5.15. The van der Waals surface area contributed by atoms with E-state index in [1.807, 2.05) is 6.92 Å².